The van der Waals surface area contributed by atoms with Gasteiger partial charge in [-0.2, -0.15) is 0 Å². The van der Waals surface area contributed by atoms with Crippen molar-refractivity contribution in [3.63, 3.8) is 0 Å². The lowest BCUT2D eigenvalue weighted by molar-refractivity contribution is 0.211. The Bertz CT molecular complexity index is 630. The zero-order valence-corrected chi connectivity index (χ0v) is 12.1. The maximum Gasteiger partial charge on any atom is 0.162 e. The highest BCUT2D eigenvalue weighted by Gasteiger charge is 2.24. The van der Waals surface area contributed by atoms with E-state index in [4.69, 9.17) is 39.5 Å². The molecule has 3 rings (SSSR count). The lowest BCUT2D eigenvalue weighted by Crippen LogP contribution is -2.24. The van der Waals surface area contributed by atoms with Gasteiger partial charge in [-0.05, 0) is 24.3 Å². The average Bonchev–Trinajstić information content (AvgIpc) is 2.39. The summed E-state index contributed by atoms with van der Waals surface area (Å²) in [7, 11) is 0. The minimum Gasteiger partial charge on any atom is -0.480 e. The normalized spacial score (nSPS) is 17.3. The molecule has 0 bridgehead atoms. The summed E-state index contributed by atoms with van der Waals surface area (Å²) in [6.07, 6.45) is -0.183. The smallest absolute Gasteiger partial charge is 0.162 e. The molecule has 19 heavy (non-hydrogen) atoms. The number of anilines is 1. The van der Waals surface area contributed by atoms with Gasteiger partial charge in [0.1, 0.15) is 6.10 Å². The van der Waals surface area contributed by atoms with Gasteiger partial charge in [0.25, 0.3) is 0 Å². The number of nitrogens with one attached hydrogen (secondary N) is 1. The zero-order valence-electron chi connectivity index (χ0n) is 9.79. The maximum atomic E-state index is 6.20. The monoisotopic (exact) mass is 313 g/mol. The first kappa shape index (κ1) is 12.9. The molecule has 1 aliphatic heterocycles. The van der Waals surface area contributed by atoms with Crippen molar-refractivity contribution < 1.29 is 4.74 Å². The number of ether oxygens (including phenoxy) is 1. The minimum atomic E-state index is -0.183. The molecule has 0 saturated carbocycles. The first-order valence-electron chi connectivity index (χ1n) is 5.79. The van der Waals surface area contributed by atoms with Crippen LogP contribution in [0.5, 0.6) is 5.75 Å². The van der Waals surface area contributed by atoms with Crippen molar-refractivity contribution >= 4 is 40.5 Å². The Labute approximate surface area is 126 Å². The highest BCUT2D eigenvalue weighted by atomic mass is 35.5. The number of rotatable bonds is 1. The lowest BCUT2D eigenvalue weighted by atomic mass is 10.1. The highest BCUT2D eigenvalue weighted by Crippen LogP contribution is 2.40. The van der Waals surface area contributed by atoms with Gasteiger partial charge in [-0.15, -0.1) is 0 Å². The fraction of sp³-hybridized carbons (Fsp3) is 0.143. The predicted octanol–water partition coefficient (Wildman–Crippen LogP) is 5.19. The van der Waals surface area contributed by atoms with Gasteiger partial charge in [0.05, 0.1) is 17.3 Å². The molecule has 1 unspecified atom stereocenters. The molecule has 2 nitrogen and oxygen atoms in total. The zero-order chi connectivity index (χ0) is 13.4. The quantitative estimate of drug-likeness (QED) is 0.782. The lowest BCUT2D eigenvalue weighted by Gasteiger charge is -2.28. The van der Waals surface area contributed by atoms with Crippen LogP contribution >= 0.6 is 34.8 Å². The molecule has 5 heteroatoms. The van der Waals surface area contributed by atoms with E-state index >= 15 is 0 Å². The number of hydrogen-bond acceptors (Lipinski definition) is 2. The standard InChI is InChI=1S/C14H10Cl3NO/c15-8-4-5-9(11(17)6-8)13-7-18-12-3-1-2-10(16)14(12)19-13/h1-6,13,18H,7H2. The summed E-state index contributed by atoms with van der Waals surface area (Å²) in [6, 6.07) is 11.0. The Kier molecular flexibility index (Phi) is 3.48. The van der Waals surface area contributed by atoms with Crippen LogP contribution in [0.15, 0.2) is 36.4 Å². The third-order valence-corrected chi connectivity index (χ3v) is 3.87. The Hall–Kier alpha value is -1.09. The van der Waals surface area contributed by atoms with Crippen molar-refractivity contribution in [3.05, 3.63) is 57.0 Å². The van der Waals surface area contributed by atoms with Gasteiger partial charge < -0.3 is 10.1 Å². The molecule has 1 atom stereocenters. The second kappa shape index (κ2) is 5.12. The van der Waals surface area contributed by atoms with Crippen LogP contribution in [0, 0.1) is 0 Å². The molecule has 2 aromatic rings. The fourth-order valence-electron chi connectivity index (χ4n) is 2.09. The molecule has 0 amide bonds. The molecule has 0 aliphatic carbocycles. The van der Waals surface area contributed by atoms with Gasteiger partial charge in [-0.3, -0.25) is 0 Å². The van der Waals surface area contributed by atoms with E-state index in [1.165, 1.54) is 0 Å². The minimum absolute atomic E-state index is 0.183. The maximum absolute atomic E-state index is 6.20. The molecule has 1 N–H and O–H groups in total. The van der Waals surface area contributed by atoms with Crippen molar-refractivity contribution in [2.45, 2.75) is 6.10 Å². The molecule has 0 aromatic heterocycles. The van der Waals surface area contributed by atoms with E-state index in [-0.39, 0.29) is 6.10 Å². The van der Waals surface area contributed by atoms with E-state index < -0.39 is 0 Å². The summed E-state index contributed by atoms with van der Waals surface area (Å²) in [4.78, 5) is 0. The van der Waals surface area contributed by atoms with Gasteiger partial charge in [0.2, 0.25) is 0 Å². The number of benzene rings is 2. The van der Waals surface area contributed by atoms with Crippen LogP contribution in [0.1, 0.15) is 11.7 Å². The summed E-state index contributed by atoms with van der Waals surface area (Å²) < 4.78 is 5.95. The van der Waals surface area contributed by atoms with Crippen molar-refractivity contribution in [2.75, 3.05) is 11.9 Å². The fourth-order valence-corrected chi connectivity index (χ4v) is 2.84. The molecular formula is C14H10Cl3NO. The summed E-state index contributed by atoms with van der Waals surface area (Å²) in [6.45, 7) is 0.634. The van der Waals surface area contributed by atoms with Crippen LogP contribution in [0.25, 0.3) is 0 Å². The van der Waals surface area contributed by atoms with Crippen LogP contribution < -0.4 is 10.1 Å². The second-order valence-electron chi connectivity index (χ2n) is 4.27. The second-order valence-corrected chi connectivity index (χ2v) is 5.52. The van der Waals surface area contributed by atoms with Crippen molar-refractivity contribution in [1.82, 2.24) is 0 Å². The third kappa shape index (κ3) is 2.48. The molecule has 98 valence electrons. The summed E-state index contributed by atoms with van der Waals surface area (Å²) in [5, 5.41) is 5.08. The van der Waals surface area contributed by atoms with Crippen molar-refractivity contribution in [3.8, 4) is 5.75 Å². The summed E-state index contributed by atoms with van der Waals surface area (Å²) in [5.41, 5.74) is 1.79. The Morgan fingerprint density at radius 2 is 1.89 bits per heavy atom. The number of hydrogen-bond donors (Lipinski definition) is 1. The predicted molar refractivity (Wildman–Crippen MR) is 79.8 cm³/mol. The van der Waals surface area contributed by atoms with E-state index in [1.54, 1.807) is 18.2 Å². The average molecular weight is 315 g/mol. The molecule has 1 aliphatic rings. The van der Waals surface area contributed by atoms with E-state index in [0.29, 0.717) is 27.4 Å². The molecular weight excluding hydrogens is 305 g/mol. The topological polar surface area (TPSA) is 21.3 Å². The largest absolute Gasteiger partial charge is 0.480 e. The molecule has 2 aromatic carbocycles. The summed E-state index contributed by atoms with van der Waals surface area (Å²) >= 11 is 18.2. The molecule has 0 fully saturated rings. The van der Waals surface area contributed by atoms with Gasteiger partial charge in [0, 0.05) is 15.6 Å². The molecule has 0 radical (unpaired) electrons. The number of fused-ring (bicyclic) bond motifs is 1. The number of para-hydroxylation sites is 1. The highest BCUT2D eigenvalue weighted by molar-refractivity contribution is 6.35. The SMILES string of the molecule is Clc1ccc(C2CNc3cccc(Cl)c3O2)c(Cl)c1. The van der Waals surface area contributed by atoms with Gasteiger partial charge in [-0.25, -0.2) is 0 Å². The van der Waals surface area contributed by atoms with Crippen LogP contribution in [-0.2, 0) is 0 Å². The van der Waals surface area contributed by atoms with Gasteiger partial charge >= 0.3 is 0 Å². The molecule has 1 heterocycles. The summed E-state index contributed by atoms with van der Waals surface area (Å²) in [5.74, 6) is 0.659. The van der Waals surface area contributed by atoms with Gasteiger partial charge in [0.15, 0.2) is 5.75 Å². The van der Waals surface area contributed by atoms with Crippen molar-refractivity contribution in [2.24, 2.45) is 0 Å². The first-order valence-corrected chi connectivity index (χ1v) is 6.92. The molecule has 0 saturated heterocycles. The van der Waals surface area contributed by atoms with E-state index in [9.17, 15) is 0 Å². The van der Waals surface area contributed by atoms with Crippen LogP contribution in [0.4, 0.5) is 5.69 Å². The van der Waals surface area contributed by atoms with Crippen LogP contribution in [0.2, 0.25) is 15.1 Å². The Balaban J connectivity index is 1.95. The Morgan fingerprint density at radius 3 is 2.68 bits per heavy atom. The third-order valence-electron chi connectivity index (χ3n) is 3.01. The van der Waals surface area contributed by atoms with E-state index in [1.807, 2.05) is 18.2 Å². The molecule has 0 spiro atoms. The Morgan fingerprint density at radius 1 is 1.05 bits per heavy atom. The van der Waals surface area contributed by atoms with Crippen molar-refractivity contribution in [1.29, 1.82) is 0 Å². The van der Waals surface area contributed by atoms with Gasteiger partial charge in [-0.1, -0.05) is 46.9 Å². The van der Waals surface area contributed by atoms with E-state index in [2.05, 4.69) is 5.32 Å². The first-order chi connectivity index (χ1) is 9.15. The van der Waals surface area contributed by atoms with Crippen LogP contribution in [0.3, 0.4) is 0 Å². The van der Waals surface area contributed by atoms with Crippen LogP contribution in [-0.4, -0.2) is 6.54 Å². The number of halogens is 3. The van der Waals surface area contributed by atoms with E-state index in [0.717, 1.165) is 11.3 Å².